The van der Waals surface area contributed by atoms with Crippen LogP contribution in [0.5, 0.6) is 0 Å². The van der Waals surface area contributed by atoms with Gasteiger partial charge in [0, 0.05) is 63.4 Å². The molecule has 39 heteroatoms. The summed E-state index contributed by atoms with van der Waals surface area (Å²) in [5.41, 5.74) is 73.9. The molecule has 500 valence electrons. The number of hydrogen-bond donors (Lipinski definition) is 26. The quantitative estimate of drug-likeness (QED) is 0.0503. The average molecular weight is 1270 g/mol. The van der Waals surface area contributed by atoms with Crippen LogP contribution in [-0.4, -0.2) is 338 Å². The summed E-state index contributed by atoms with van der Waals surface area (Å²) in [6.45, 7) is -1.79. The lowest BCUT2D eigenvalue weighted by Crippen LogP contribution is -2.68. The standard InChI is InChI=1S/C47H92N14O24S/c48-3-13-25(64)29(68)19(56)41(74-13)80-35-11(54)1-9(52)23(62)39(35)84-45-33(72)37(82-43-21(58)31(70)27(66)15(5-50)76-43)17(78-45)7-60-47(86)61-8-18-38(83-44-22(59)32(71)28(67)16(6-51)77-44)34(73)46(79-18)85-40-24(63)10(53)2-12(55)36(40)81-42-20(57)30(69)26(65)14(4-49)75-42/h9-46,62-73H,1-8,48-59H2,(H2,60,61,86)/t9-,10+,11?,12?,13?,14?,15+,16-,17-,18-,19?,20?,21?,22?,23?,24+,25?,26?,27?,28?,29-,30-,31?,32?,33+,34?,35?,36?,37?,38?,39-,40?,41-,42+,43-,44+,45+,46+/m1/s1. The lowest BCUT2D eigenvalue weighted by atomic mass is 9.84. The van der Waals surface area contributed by atoms with Crippen LogP contribution in [0.1, 0.15) is 12.8 Å². The first-order chi connectivity index (χ1) is 40.6. The number of thiocarbonyl (C=S) groups is 1. The minimum Gasteiger partial charge on any atom is -0.389 e. The molecule has 2 saturated carbocycles. The largest absolute Gasteiger partial charge is 0.389 e. The SMILES string of the molecule is NCC1O[C@H](OC2C(N)C[C@@H](N)C(O)[C@H]2O[C@@H]2O[C@H](CNC(=S)NC[C@H]3O[C@@H](OC4C(O[C@@H]5OC(CN)C(O)[C@H](O)C5N)C(N)C[C@H](N)[C@@H]4O)C(O)C3O[C@@H]3O[C@H](CN)C(O)C(O)C3N)C(O[C@H]3O[C@@H](CN)C(O)C(O)C3N)[C@@H]2O)C(N)[C@@H](O)C1O. The first-order valence-corrected chi connectivity index (χ1v) is 29.0. The van der Waals surface area contributed by atoms with Crippen LogP contribution in [0.4, 0.5) is 0 Å². The second-order valence-electron chi connectivity index (χ2n) is 23.2. The molecule has 21 unspecified atom stereocenters. The molecule has 0 aromatic rings. The zero-order valence-corrected chi connectivity index (χ0v) is 47.5. The molecule has 38 N–H and O–H groups in total. The van der Waals surface area contributed by atoms with Crippen molar-refractivity contribution in [3.05, 3.63) is 0 Å². The number of nitrogens with two attached hydrogens (primary N) is 12. The first kappa shape index (κ1) is 70.1. The van der Waals surface area contributed by atoms with Gasteiger partial charge in [-0.3, -0.25) is 0 Å². The number of nitrogens with one attached hydrogen (secondary N) is 2. The van der Waals surface area contributed by atoms with E-state index in [1.54, 1.807) is 0 Å². The van der Waals surface area contributed by atoms with Gasteiger partial charge in [0.1, 0.15) is 134 Å². The van der Waals surface area contributed by atoms with Crippen molar-refractivity contribution in [3.63, 3.8) is 0 Å². The van der Waals surface area contributed by atoms with E-state index in [-0.39, 0.29) is 57.2 Å². The fourth-order valence-corrected chi connectivity index (χ4v) is 12.1. The molecule has 0 spiro atoms. The molecule has 6 heterocycles. The summed E-state index contributed by atoms with van der Waals surface area (Å²) in [6, 6.07) is -9.58. The van der Waals surface area contributed by atoms with Crippen LogP contribution >= 0.6 is 12.2 Å². The highest BCUT2D eigenvalue weighted by molar-refractivity contribution is 7.80. The molecule has 0 aromatic carbocycles. The topological polar surface area (TPSA) is 690 Å². The number of aliphatic hydroxyl groups is 12. The Kier molecular flexibility index (Phi) is 24.4. The van der Waals surface area contributed by atoms with Gasteiger partial charge in [-0.1, -0.05) is 0 Å². The predicted octanol–water partition coefficient (Wildman–Crippen LogP) is -17.3. The lowest BCUT2D eigenvalue weighted by molar-refractivity contribution is -0.306. The van der Waals surface area contributed by atoms with E-state index in [9.17, 15) is 61.3 Å². The predicted molar refractivity (Wildman–Crippen MR) is 291 cm³/mol. The average Bonchev–Trinajstić information content (AvgIpc) is 1.82. The van der Waals surface area contributed by atoms with Crippen LogP contribution in [0.2, 0.25) is 0 Å². The maximum Gasteiger partial charge on any atom is 0.187 e. The van der Waals surface area contributed by atoms with Gasteiger partial charge in [0.15, 0.2) is 42.9 Å². The summed E-state index contributed by atoms with van der Waals surface area (Å²) in [5, 5.41) is 138. The third-order valence-electron chi connectivity index (χ3n) is 17.3. The fraction of sp³-hybridized carbons (Fsp3) is 0.979. The van der Waals surface area contributed by atoms with Gasteiger partial charge in [-0.25, -0.2) is 0 Å². The van der Waals surface area contributed by atoms with E-state index in [1.165, 1.54) is 0 Å². The van der Waals surface area contributed by atoms with E-state index in [1.807, 2.05) is 0 Å². The number of ether oxygens (including phenoxy) is 12. The Balaban J connectivity index is 1.00. The molecule has 0 bridgehead atoms. The van der Waals surface area contributed by atoms with Gasteiger partial charge in [0.25, 0.3) is 0 Å². The maximum atomic E-state index is 12.0. The van der Waals surface area contributed by atoms with Gasteiger partial charge < -0.3 is 198 Å². The Morgan fingerprint density at radius 2 is 0.558 bits per heavy atom. The Bertz CT molecular complexity index is 2010. The van der Waals surface area contributed by atoms with Crippen molar-refractivity contribution in [3.8, 4) is 0 Å². The fourth-order valence-electron chi connectivity index (χ4n) is 12.0. The van der Waals surface area contributed by atoms with Crippen molar-refractivity contribution < 1.29 is 118 Å². The van der Waals surface area contributed by atoms with E-state index in [0.29, 0.717) is 0 Å². The Hall–Kier alpha value is -1.75. The minimum atomic E-state index is -1.81. The third-order valence-corrected chi connectivity index (χ3v) is 17.6. The molecule has 0 radical (unpaired) electrons. The van der Waals surface area contributed by atoms with Crippen LogP contribution in [0.15, 0.2) is 0 Å². The van der Waals surface area contributed by atoms with Crippen LogP contribution in [0.25, 0.3) is 0 Å². The van der Waals surface area contributed by atoms with Crippen molar-refractivity contribution in [2.24, 2.45) is 68.8 Å². The summed E-state index contributed by atoms with van der Waals surface area (Å²) >= 11 is 5.69. The van der Waals surface area contributed by atoms with Crippen molar-refractivity contribution in [1.82, 2.24) is 10.6 Å². The maximum absolute atomic E-state index is 12.0. The van der Waals surface area contributed by atoms with Gasteiger partial charge in [0.05, 0.1) is 36.4 Å². The van der Waals surface area contributed by atoms with Crippen LogP contribution in [0.3, 0.4) is 0 Å². The summed E-state index contributed by atoms with van der Waals surface area (Å²) < 4.78 is 73.1. The summed E-state index contributed by atoms with van der Waals surface area (Å²) in [6.07, 6.45) is -44.6. The second-order valence-corrected chi connectivity index (χ2v) is 23.6. The van der Waals surface area contributed by atoms with Gasteiger partial charge >= 0.3 is 0 Å². The molecule has 38 nitrogen and oxygen atoms in total. The van der Waals surface area contributed by atoms with Gasteiger partial charge in [0.2, 0.25) is 0 Å². The summed E-state index contributed by atoms with van der Waals surface area (Å²) in [4.78, 5) is 0. The number of aliphatic hydroxyl groups excluding tert-OH is 12. The second kappa shape index (κ2) is 29.9. The molecule has 6 saturated heterocycles. The monoisotopic (exact) mass is 1270 g/mol. The molecular weight excluding hydrogens is 1180 g/mol. The van der Waals surface area contributed by atoms with Crippen LogP contribution in [0, 0.1) is 0 Å². The molecular formula is C47H92N14O24S. The Morgan fingerprint density at radius 1 is 0.314 bits per heavy atom. The van der Waals surface area contributed by atoms with E-state index in [0.717, 1.165) is 0 Å². The van der Waals surface area contributed by atoms with Crippen molar-refractivity contribution in [1.29, 1.82) is 0 Å². The van der Waals surface area contributed by atoms with E-state index in [2.05, 4.69) is 10.6 Å². The van der Waals surface area contributed by atoms with E-state index in [4.69, 9.17) is 138 Å². The highest BCUT2D eigenvalue weighted by atomic mass is 32.1. The molecule has 0 aromatic heterocycles. The normalized spacial score (nSPS) is 52.9. The Morgan fingerprint density at radius 3 is 0.826 bits per heavy atom. The summed E-state index contributed by atoms with van der Waals surface area (Å²) in [7, 11) is 0. The molecule has 38 atom stereocenters. The highest BCUT2D eigenvalue weighted by Crippen LogP contribution is 2.37. The molecule has 6 aliphatic heterocycles. The van der Waals surface area contributed by atoms with Crippen molar-refractivity contribution in [2.75, 3.05) is 39.3 Å². The molecule has 8 aliphatic rings. The lowest BCUT2D eigenvalue weighted by Gasteiger charge is -2.47. The number of rotatable bonds is 20. The van der Waals surface area contributed by atoms with Crippen molar-refractivity contribution in [2.45, 2.75) is 245 Å². The molecule has 86 heavy (non-hydrogen) atoms. The minimum absolute atomic E-state index is 0.0251. The van der Waals surface area contributed by atoms with Crippen LogP contribution < -0.4 is 79.4 Å². The third kappa shape index (κ3) is 14.7. The molecule has 8 rings (SSSR count). The van der Waals surface area contributed by atoms with E-state index < -0.39 is 233 Å². The Labute approximate surface area is 498 Å². The zero-order valence-electron chi connectivity index (χ0n) is 46.7. The van der Waals surface area contributed by atoms with Gasteiger partial charge in [-0.05, 0) is 25.1 Å². The van der Waals surface area contributed by atoms with E-state index >= 15 is 0 Å². The zero-order chi connectivity index (χ0) is 63.1. The smallest absolute Gasteiger partial charge is 0.187 e. The van der Waals surface area contributed by atoms with Crippen LogP contribution in [-0.2, 0) is 56.8 Å². The summed E-state index contributed by atoms with van der Waals surface area (Å²) in [5.74, 6) is 0. The number of hydrogen-bond acceptors (Lipinski definition) is 37. The highest BCUT2D eigenvalue weighted by Gasteiger charge is 2.57. The first-order valence-electron chi connectivity index (χ1n) is 28.5. The molecule has 2 aliphatic carbocycles. The molecule has 0 amide bonds. The van der Waals surface area contributed by atoms with Crippen molar-refractivity contribution >= 4 is 17.3 Å². The van der Waals surface area contributed by atoms with Gasteiger partial charge in [-0.15, -0.1) is 0 Å². The van der Waals surface area contributed by atoms with Gasteiger partial charge in [-0.2, -0.15) is 0 Å². The molecule has 8 fully saturated rings.